The molecular weight excluding hydrogens is 416 g/mol. The van der Waals surface area contributed by atoms with Crippen molar-refractivity contribution in [1.29, 1.82) is 0 Å². The maximum Gasteiger partial charge on any atom is 0.269 e. The smallest absolute Gasteiger partial charge is 0.269 e. The summed E-state index contributed by atoms with van der Waals surface area (Å²) in [5.41, 5.74) is 0.613. The topological polar surface area (TPSA) is 117 Å². The van der Waals surface area contributed by atoms with Gasteiger partial charge in [-0.15, -0.1) is 0 Å². The lowest BCUT2D eigenvalue weighted by Crippen LogP contribution is -2.49. The number of thioether (sulfide) groups is 1. The Kier molecular flexibility index (Phi) is 6.14. The van der Waals surface area contributed by atoms with Crippen LogP contribution in [0, 0.1) is 10.1 Å². The van der Waals surface area contributed by atoms with Crippen molar-refractivity contribution in [3.8, 4) is 11.3 Å². The number of hydrogen-bond acceptors (Lipinski definition) is 8. The lowest BCUT2D eigenvalue weighted by molar-refractivity contribution is -0.384. The van der Waals surface area contributed by atoms with E-state index < -0.39 is 22.8 Å². The molecule has 1 amide bonds. The molecule has 1 aromatic heterocycles. The zero-order valence-electron chi connectivity index (χ0n) is 15.2. The third kappa shape index (κ3) is 4.38. The van der Waals surface area contributed by atoms with Crippen molar-refractivity contribution in [3.05, 3.63) is 57.2 Å². The van der Waals surface area contributed by atoms with Crippen LogP contribution in [-0.4, -0.2) is 32.1 Å². The van der Waals surface area contributed by atoms with Crippen molar-refractivity contribution < 1.29 is 24.0 Å². The summed E-state index contributed by atoms with van der Waals surface area (Å²) >= 11 is 6.19. The summed E-state index contributed by atoms with van der Waals surface area (Å²) in [6.07, 6.45) is 2.30. The molecule has 1 saturated heterocycles. The van der Waals surface area contributed by atoms with Gasteiger partial charge in [0, 0.05) is 23.8 Å². The van der Waals surface area contributed by atoms with E-state index in [1.165, 1.54) is 18.2 Å². The first-order valence-corrected chi connectivity index (χ1v) is 9.87. The van der Waals surface area contributed by atoms with Crippen LogP contribution in [0.15, 0.2) is 45.7 Å². The van der Waals surface area contributed by atoms with Crippen LogP contribution in [0.4, 0.5) is 5.69 Å². The second kappa shape index (κ2) is 8.58. The molecule has 2 heterocycles. The summed E-state index contributed by atoms with van der Waals surface area (Å²) < 4.78 is 5.86. The maximum atomic E-state index is 12.7. The molecule has 8 nitrogen and oxygen atoms in total. The van der Waals surface area contributed by atoms with E-state index in [1.54, 1.807) is 24.3 Å². The van der Waals surface area contributed by atoms with Crippen LogP contribution in [0.5, 0.6) is 0 Å². The van der Waals surface area contributed by atoms with Crippen molar-refractivity contribution in [2.45, 2.75) is 25.8 Å². The van der Waals surface area contributed by atoms with Crippen LogP contribution in [0.2, 0.25) is 0 Å². The van der Waals surface area contributed by atoms with E-state index in [2.05, 4.69) is 0 Å². The molecule has 1 aliphatic heterocycles. The fourth-order valence-corrected chi connectivity index (χ4v) is 4.17. The Morgan fingerprint density at radius 2 is 2.00 bits per heavy atom. The molecule has 1 atom stereocenters. The van der Waals surface area contributed by atoms with E-state index in [0.29, 0.717) is 23.5 Å². The van der Waals surface area contributed by atoms with Crippen molar-refractivity contribution in [3.63, 3.8) is 0 Å². The third-order valence-electron chi connectivity index (χ3n) is 4.23. The van der Waals surface area contributed by atoms with Crippen molar-refractivity contribution in [2.24, 2.45) is 0 Å². The highest BCUT2D eigenvalue weighted by Crippen LogP contribution is 2.35. The molecule has 2 aromatic rings. The molecule has 1 fully saturated rings. The normalized spacial score (nSPS) is 16.4. The second-order valence-corrected chi connectivity index (χ2v) is 7.86. The molecule has 3 rings (SSSR count). The average Bonchev–Trinajstić information content (AvgIpc) is 3.25. The molecule has 0 spiro atoms. The fraction of sp³-hybridized carbons (Fsp3) is 0.211. The first-order chi connectivity index (χ1) is 13.8. The predicted octanol–water partition coefficient (Wildman–Crippen LogP) is 2.97. The first-order valence-electron chi connectivity index (χ1n) is 8.64. The number of furan rings is 1. The van der Waals surface area contributed by atoms with E-state index in [4.69, 9.17) is 16.6 Å². The molecule has 0 unspecified atom stereocenters. The summed E-state index contributed by atoms with van der Waals surface area (Å²) in [5.74, 6) is -1.00. The van der Waals surface area contributed by atoms with Crippen LogP contribution in [0.3, 0.4) is 0 Å². The largest absolute Gasteiger partial charge is 0.548 e. The molecule has 0 radical (unpaired) electrons. The lowest BCUT2D eigenvalue weighted by Gasteiger charge is -2.27. The lowest BCUT2D eigenvalue weighted by atomic mass is 10.1. The fourth-order valence-electron chi connectivity index (χ4n) is 2.84. The number of carbonyl (C=O) groups excluding carboxylic acids is 2. The number of rotatable bonds is 7. The number of hydrogen-bond donors (Lipinski definition) is 0. The highest BCUT2D eigenvalue weighted by Gasteiger charge is 2.37. The second-order valence-electron chi connectivity index (χ2n) is 6.18. The van der Waals surface area contributed by atoms with Gasteiger partial charge in [0.05, 0.1) is 21.8 Å². The molecule has 10 heteroatoms. The summed E-state index contributed by atoms with van der Waals surface area (Å²) in [6.45, 7) is 1.81. The Bertz CT molecular complexity index is 1010. The number of amides is 1. The zero-order valence-corrected chi connectivity index (χ0v) is 16.8. The SMILES string of the molecule is CCC[C@@H](C(=O)[O-])N1C(=O)/C(=C/c2ccc(-c3ccc([N+](=O)[O-])cc3)o2)SC1=S. The molecular formula is C19H15N2O6S2-. The number of carbonyl (C=O) groups is 2. The van der Waals surface area contributed by atoms with Crippen LogP contribution >= 0.6 is 24.0 Å². The van der Waals surface area contributed by atoms with E-state index in [0.717, 1.165) is 16.7 Å². The third-order valence-corrected chi connectivity index (χ3v) is 5.56. The van der Waals surface area contributed by atoms with E-state index in [9.17, 15) is 24.8 Å². The van der Waals surface area contributed by atoms with Gasteiger partial charge in [-0.05, 0) is 30.7 Å². The number of benzene rings is 1. The number of carboxylic acid groups (broad SMARTS) is 1. The molecule has 0 aliphatic carbocycles. The van der Waals surface area contributed by atoms with Gasteiger partial charge in [0.15, 0.2) is 0 Å². The Morgan fingerprint density at radius 1 is 1.31 bits per heavy atom. The van der Waals surface area contributed by atoms with Gasteiger partial charge in [0.1, 0.15) is 15.8 Å². The van der Waals surface area contributed by atoms with E-state index >= 15 is 0 Å². The van der Waals surface area contributed by atoms with Crippen molar-refractivity contribution in [2.75, 3.05) is 0 Å². The number of thiocarbonyl (C=S) groups is 1. The minimum Gasteiger partial charge on any atom is -0.548 e. The Hall–Kier alpha value is -2.98. The highest BCUT2D eigenvalue weighted by molar-refractivity contribution is 8.26. The van der Waals surface area contributed by atoms with Crippen LogP contribution in [0.25, 0.3) is 17.4 Å². The van der Waals surface area contributed by atoms with Gasteiger partial charge < -0.3 is 14.3 Å². The summed E-state index contributed by atoms with van der Waals surface area (Å²) in [6, 6.07) is 8.09. The number of aliphatic carboxylic acids is 1. The first kappa shape index (κ1) is 20.7. The number of carboxylic acids is 1. The Balaban J connectivity index is 1.82. The van der Waals surface area contributed by atoms with E-state index in [1.807, 2.05) is 6.92 Å². The van der Waals surface area contributed by atoms with Crippen LogP contribution < -0.4 is 5.11 Å². The molecule has 0 bridgehead atoms. The number of nitro benzene ring substituents is 1. The van der Waals surface area contributed by atoms with Gasteiger partial charge in [0.25, 0.3) is 11.6 Å². The minimum atomic E-state index is -1.34. The number of non-ortho nitro benzene ring substituents is 1. The Labute approximate surface area is 175 Å². The molecule has 0 N–H and O–H groups in total. The minimum absolute atomic E-state index is 0.0289. The summed E-state index contributed by atoms with van der Waals surface area (Å²) in [5, 5.41) is 22.2. The Morgan fingerprint density at radius 3 is 2.59 bits per heavy atom. The molecule has 29 heavy (non-hydrogen) atoms. The van der Waals surface area contributed by atoms with Crippen LogP contribution in [-0.2, 0) is 9.59 Å². The molecule has 1 aromatic carbocycles. The van der Waals surface area contributed by atoms with Gasteiger partial charge in [-0.1, -0.05) is 37.3 Å². The molecule has 1 aliphatic rings. The molecule has 150 valence electrons. The highest BCUT2D eigenvalue weighted by atomic mass is 32.2. The zero-order chi connectivity index (χ0) is 21.1. The van der Waals surface area contributed by atoms with Crippen molar-refractivity contribution in [1.82, 2.24) is 4.90 Å². The van der Waals surface area contributed by atoms with Gasteiger partial charge >= 0.3 is 0 Å². The predicted molar refractivity (Wildman–Crippen MR) is 110 cm³/mol. The maximum absolute atomic E-state index is 12.7. The monoisotopic (exact) mass is 431 g/mol. The summed E-state index contributed by atoms with van der Waals surface area (Å²) in [7, 11) is 0. The average molecular weight is 431 g/mol. The molecule has 0 saturated carbocycles. The quantitative estimate of drug-likeness (QED) is 0.284. The van der Waals surface area contributed by atoms with Gasteiger partial charge in [-0.3, -0.25) is 19.8 Å². The summed E-state index contributed by atoms with van der Waals surface area (Å²) in [4.78, 5) is 35.7. The number of nitro groups is 1. The van der Waals surface area contributed by atoms with E-state index in [-0.39, 0.29) is 21.3 Å². The van der Waals surface area contributed by atoms with Gasteiger partial charge in [-0.2, -0.15) is 0 Å². The van der Waals surface area contributed by atoms with Gasteiger partial charge in [0.2, 0.25) is 0 Å². The van der Waals surface area contributed by atoms with Crippen LogP contribution in [0.1, 0.15) is 25.5 Å². The van der Waals surface area contributed by atoms with Crippen molar-refractivity contribution >= 4 is 51.9 Å². The van der Waals surface area contributed by atoms with Gasteiger partial charge in [-0.25, -0.2) is 0 Å². The number of nitrogens with zero attached hydrogens (tertiary/aromatic N) is 2. The standard InChI is InChI=1S/C19H16N2O6S2/c1-2-3-14(18(23)24)20-17(22)16(29-19(20)28)10-13-8-9-15(27-13)11-4-6-12(7-5-11)21(25)26/h4-10,14H,2-3H2,1H3,(H,23,24)/p-1/b16-10-/t14-/m0/s1.